The molecule has 4 rings (SSSR count). The molecule has 0 spiro atoms. The molecule has 0 aliphatic heterocycles. The lowest BCUT2D eigenvalue weighted by molar-refractivity contribution is -0.382. The molecule has 4 nitrogen and oxygen atoms in total. The van der Waals surface area contributed by atoms with Crippen LogP contribution >= 0.6 is 0 Å². The van der Waals surface area contributed by atoms with Gasteiger partial charge in [0.15, 0.2) is 0 Å². The van der Waals surface area contributed by atoms with Gasteiger partial charge in [-0.3, -0.25) is 0 Å². The number of hydrogen-bond donors (Lipinski definition) is 0. The molecule has 3 aromatic rings. The van der Waals surface area contributed by atoms with E-state index in [2.05, 4.69) is 4.18 Å². The minimum atomic E-state index is -7.39. The predicted octanol–water partition coefficient (Wildman–Crippen LogP) is 8.91. The summed E-state index contributed by atoms with van der Waals surface area (Å²) in [4.78, 5) is 0. The van der Waals surface area contributed by atoms with Gasteiger partial charge in [0.05, 0.1) is 6.61 Å². The van der Waals surface area contributed by atoms with Gasteiger partial charge >= 0.3 is 33.4 Å². The zero-order valence-electron chi connectivity index (χ0n) is 22.9. The third kappa shape index (κ3) is 6.00. The molecule has 3 aromatic carbocycles. The molecule has 0 N–H and O–H groups in total. The Morgan fingerprint density at radius 3 is 1.93 bits per heavy atom. The van der Waals surface area contributed by atoms with Crippen LogP contribution in [-0.2, 0) is 16.5 Å². The molecule has 238 valence electrons. The summed E-state index contributed by atoms with van der Waals surface area (Å²) in [5.74, 6) is -15.1. The van der Waals surface area contributed by atoms with Gasteiger partial charge in [-0.2, -0.15) is 47.9 Å². The number of unbranched alkanes of at least 4 members (excludes halogenated alkanes) is 1. The molecule has 0 saturated carbocycles. The highest BCUT2D eigenvalue weighted by atomic mass is 32.2. The molecule has 0 bridgehead atoms. The first kappa shape index (κ1) is 33.2. The largest absolute Gasteiger partial charge is 0.494 e. The van der Waals surface area contributed by atoms with E-state index in [1.165, 1.54) is 12.1 Å². The van der Waals surface area contributed by atoms with E-state index in [0.717, 1.165) is 47.2 Å². The third-order valence-corrected chi connectivity index (χ3v) is 8.26. The van der Waals surface area contributed by atoms with Gasteiger partial charge in [-0.05, 0) is 76.9 Å². The fourth-order valence-corrected chi connectivity index (χ4v) is 5.54. The van der Waals surface area contributed by atoms with Crippen molar-refractivity contribution in [2.24, 2.45) is 0 Å². The highest BCUT2D eigenvalue weighted by Crippen LogP contribution is 2.55. The second-order valence-corrected chi connectivity index (χ2v) is 11.6. The average molecular weight is 653 g/mol. The van der Waals surface area contributed by atoms with Crippen molar-refractivity contribution in [3.63, 3.8) is 0 Å². The Morgan fingerprint density at radius 1 is 0.727 bits per heavy atom. The molecule has 0 fully saturated rings. The van der Waals surface area contributed by atoms with Crippen molar-refractivity contribution >= 4 is 21.3 Å². The van der Waals surface area contributed by atoms with Gasteiger partial charge in [-0.1, -0.05) is 61.9 Å². The van der Waals surface area contributed by atoms with Crippen molar-refractivity contribution in [1.82, 2.24) is 0 Å². The summed E-state index contributed by atoms with van der Waals surface area (Å²) in [6.07, 6.45) is -4.18. The number of allylic oxidation sites excluding steroid dienone is 1. The van der Waals surface area contributed by atoms with Gasteiger partial charge in [0, 0.05) is 0 Å². The summed E-state index contributed by atoms with van der Waals surface area (Å²) >= 11 is 0. The van der Waals surface area contributed by atoms with E-state index < -0.39 is 39.1 Å². The van der Waals surface area contributed by atoms with E-state index in [1.54, 1.807) is 6.07 Å². The van der Waals surface area contributed by atoms with Crippen LogP contribution in [0.2, 0.25) is 0 Å². The molecule has 44 heavy (non-hydrogen) atoms. The van der Waals surface area contributed by atoms with Crippen LogP contribution in [0.5, 0.6) is 11.5 Å². The van der Waals surface area contributed by atoms with Gasteiger partial charge in [0.1, 0.15) is 11.5 Å². The summed E-state index contributed by atoms with van der Waals surface area (Å²) in [6, 6.07) is 18.7. The first-order chi connectivity index (χ1) is 20.4. The molecule has 0 aromatic heterocycles. The first-order valence-corrected chi connectivity index (χ1v) is 14.6. The Kier molecular flexibility index (Phi) is 9.07. The van der Waals surface area contributed by atoms with Crippen LogP contribution in [0.15, 0.2) is 72.8 Å². The summed E-state index contributed by atoms with van der Waals surface area (Å²) in [6.45, 7) is 2.55. The fourth-order valence-electron chi connectivity index (χ4n) is 4.62. The van der Waals surface area contributed by atoms with Crippen LogP contribution in [0.25, 0.3) is 11.1 Å². The molecule has 0 atom stereocenters. The van der Waals surface area contributed by atoms with Gasteiger partial charge in [-0.15, -0.1) is 0 Å². The van der Waals surface area contributed by atoms with Gasteiger partial charge in [-0.25, -0.2) is 0 Å². The van der Waals surface area contributed by atoms with E-state index in [1.807, 2.05) is 49.4 Å². The lowest BCUT2D eigenvalue weighted by Crippen LogP contribution is -2.63. The topological polar surface area (TPSA) is 52.6 Å². The zero-order chi connectivity index (χ0) is 32.6. The average Bonchev–Trinajstić information content (AvgIpc) is 2.96. The number of halogens is 9. The van der Waals surface area contributed by atoms with E-state index in [-0.39, 0.29) is 0 Å². The second kappa shape index (κ2) is 12.0. The van der Waals surface area contributed by atoms with Crippen LogP contribution in [0.4, 0.5) is 39.5 Å². The lowest BCUT2D eigenvalue weighted by Gasteiger charge is -2.32. The summed E-state index contributed by atoms with van der Waals surface area (Å²) in [7, 11) is -7.06. The van der Waals surface area contributed by atoms with Crippen molar-refractivity contribution in [1.29, 1.82) is 0 Å². The Bertz CT molecular complexity index is 1620. The Balaban J connectivity index is 1.70. The monoisotopic (exact) mass is 652 g/mol. The van der Waals surface area contributed by atoms with E-state index in [4.69, 9.17) is 4.74 Å². The van der Waals surface area contributed by atoms with Crippen LogP contribution < -0.4 is 8.92 Å². The van der Waals surface area contributed by atoms with Gasteiger partial charge in [0.2, 0.25) is 0 Å². The standard InChI is InChI=1S/C30H25F9O4S/c1-2-3-17-42-23-14-16-25-21(18-23)11-15-24(19-7-5-4-6-8-19)26(25)20-9-12-22(13-10-20)43-44(40,41)30(38,39)28(33,34)27(31,32)29(35,36)37/h4-10,12-14,16,18H,2-3,11,15,17H2,1H3. The molecule has 0 radical (unpaired) electrons. The van der Waals surface area contributed by atoms with Crippen molar-refractivity contribution in [3.8, 4) is 11.5 Å². The number of fused-ring (bicyclic) bond motifs is 1. The fraction of sp³-hybridized carbons (Fsp3) is 0.333. The molecular weight excluding hydrogens is 627 g/mol. The minimum Gasteiger partial charge on any atom is -0.494 e. The number of rotatable bonds is 11. The van der Waals surface area contributed by atoms with E-state index in [0.29, 0.717) is 36.3 Å². The summed E-state index contributed by atoms with van der Waals surface area (Å²) in [5.41, 5.74) is 4.53. The molecule has 1 aliphatic rings. The molecule has 0 amide bonds. The number of hydrogen-bond acceptors (Lipinski definition) is 4. The van der Waals surface area contributed by atoms with Gasteiger partial charge in [0.25, 0.3) is 0 Å². The first-order valence-electron chi connectivity index (χ1n) is 13.2. The van der Waals surface area contributed by atoms with Crippen LogP contribution in [0.3, 0.4) is 0 Å². The quantitative estimate of drug-likeness (QED) is 0.118. The number of ether oxygens (including phenoxy) is 1. The highest BCUT2D eigenvalue weighted by Gasteiger charge is 2.86. The molecule has 14 heteroatoms. The summed E-state index contributed by atoms with van der Waals surface area (Å²) in [5, 5.41) is -6.96. The van der Waals surface area contributed by atoms with Crippen LogP contribution in [-0.4, -0.2) is 38.3 Å². The number of alkyl halides is 9. The van der Waals surface area contributed by atoms with E-state index >= 15 is 0 Å². The SMILES string of the molecule is CCCCOc1ccc2c(c1)CCC(c1ccccc1)=C2c1ccc(OS(=O)(=O)C(F)(F)C(F)(F)C(F)(F)C(F)(F)F)cc1. The van der Waals surface area contributed by atoms with Crippen molar-refractivity contribution < 1.29 is 56.9 Å². The Hall–Kier alpha value is -3.68. The Labute approximate surface area is 247 Å². The van der Waals surface area contributed by atoms with Crippen LogP contribution in [0, 0.1) is 0 Å². The molecule has 0 heterocycles. The molecule has 0 saturated heterocycles. The second-order valence-electron chi connectivity index (χ2n) is 9.97. The minimum absolute atomic E-state index is 0.426. The number of aryl methyl sites for hydroxylation is 1. The van der Waals surface area contributed by atoms with Crippen molar-refractivity contribution in [3.05, 3.63) is 95.1 Å². The van der Waals surface area contributed by atoms with E-state index in [9.17, 15) is 47.9 Å². The maximum absolute atomic E-state index is 14.1. The normalized spacial score (nSPS) is 14.8. The van der Waals surface area contributed by atoms with Crippen molar-refractivity contribution in [2.45, 2.75) is 55.9 Å². The smallest absolute Gasteiger partial charge is 0.460 e. The Morgan fingerprint density at radius 2 is 1.34 bits per heavy atom. The highest BCUT2D eigenvalue weighted by molar-refractivity contribution is 7.88. The predicted molar refractivity (Wildman–Crippen MR) is 144 cm³/mol. The maximum Gasteiger partial charge on any atom is 0.460 e. The number of benzene rings is 3. The zero-order valence-corrected chi connectivity index (χ0v) is 23.7. The van der Waals surface area contributed by atoms with Crippen LogP contribution in [0.1, 0.15) is 48.4 Å². The molecular formula is C30H25F9O4S. The maximum atomic E-state index is 14.1. The van der Waals surface area contributed by atoms with Gasteiger partial charge < -0.3 is 8.92 Å². The molecule has 1 aliphatic carbocycles. The van der Waals surface area contributed by atoms with Crippen molar-refractivity contribution in [2.75, 3.05) is 6.61 Å². The lowest BCUT2D eigenvalue weighted by atomic mass is 9.79. The third-order valence-electron chi connectivity index (χ3n) is 6.96. The summed E-state index contributed by atoms with van der Waals surface area (Å²) < 4.78 is 153. The molecule has 0 unspecified atom stereocenters.